The normalized spacial score (nSPS) is 25.6. The molecule has 3 atom stereocenters. The molecule has 0 amide bonds. The Labute approximate surface area is 150 Å². The van der Waals surface area contributed by atoms with Crippen molar-refractivity contribution < 1.29 is 4.74 Å². The molecule has 2 aromatic rings. The largest absolute Gasteiger partial charge is 0.357 e. The van der Waals surface area contributed by atoms with Crippen molar-refractivity contribution in [2.24, 2.45) is 5.92 Å². The number of anilines is 1. The monoisotopic (exact) mass is 329 g/mol. The van der Waals surface area contributed by atoms with Gasteiger partial charge in [-0.3, -0.25) is 0 Å². The molecule has 0 N–H and O–H groups in total. The summed E-state index contributed by atoms with van der Waals surface area (Å²) < 4.78 is 6.13. The summed E-state index contributed by atoms with van der Waals surface area (Å²) in [5.41, 5.74) is 3.69. The minimum Gasteiger partial charge on any atom is -0.357 e. The molecule has 3 unspecified atom stereocenters. The van der Waals surface area contributed by atoms with E-state index < -0.39 is 0 Å². The van der Waals surface area contributed by atoms with Crippen molar-refractivity contribution >= 4 is 11.8 Å². The maximum absolute atomic E-state index is 6.13. The smallest absolute Gasteiger partial charge is 0.141 e. The molecule has 2 heterocycles. The van der Waals surface area contributed by atoms with Gasteiger partial charge in [-0.1, -0.05) is 60.7 Å². The van der Waals surface area contributed by atoms with Crippen LogP contribution in [0.5, 0.6) is 0 Å². The first-order chi connectivity index (χ1) is 12.3. The molecule has 0 aliphatic carbocycles. The highest BCUT2D eigenvalue weighted by molar-refractivity contribution is 5.65. The Morgan fingerprint density at radius 3 is 2.80 bits per heavy atom. The van der Waals surface area contributed by atoms with Crippen molar-refractivity contribution in [1.29, 1.82) is 0 Å². The summed E-state index contributed by atoms with van der Waals surface area (Å²) in [5, 5.41) is 0. The molecule has 0 aromatic heterocycles. The van der Waals surface area contributed by atoms with Gasteiger partial charge >= 0.3 is 0 Å². The van der Waals surface area contributed by atoms with E-state index in [1.807, 2.05) is 6.07 Å². The van der Waals surface area contributed by atoms with Gasteiger partial charge in [0.2, 0.25) is 0 Å². The molecule has 1 saturated heterocycles. The third kappa shape index (κ3) is 2.47. The average Bonchev–Trinajstić information content (AvgIpc) is 3.19. The molecule has 1 fully saturated rings. The quantitative estimate of drug-likeness (QED) is 0.767. The van der Waals surface area contributed by atoms with Crippen LogP contribution in [0, 0.1) is 18.3 Å². The summed E-state index contributed by atoms with van der Waals surface area (Å²) in [6, 6.07) is 19.0. The number of ether oxygens (including phenoxy) is 1. The summed E-state index contributed by atoms with van der Waals surface area (Å²) in [7, 11) is 2.12. The number of hydrogen-bond donors (Lipinski definition) is 0. The molecule has 0 spiro atoms. The highest BCUT2D eigenvalue weighted by atomic mass is 16.5. The van der Waals surface area contributed by atoms with E-state index in [4.69, 9.17) is 11.2 Å². The van der Waals surface area contributed by atoms with Gasteiger partial charge < -0.3 is 9.64 Å². The van der Waals surface area contributed by atoms with Gasteiger partial charge in [0, 0.05) is 18.7 Å². The SMILES string of the molecule is C#CC(C/C=C/c1ccccc1)C12CCOC1N(C)c1ccccc12. The van der Waals surface area contributed by atoms with E-state index in [2.05, 4.69) is 78.6 Å². The number of rotatable bonds is 4. The van der Waals surface area contributed by atoms with Crippen LogP contribution in [0.3, 0.4) is 0 Å². The van der Waals surface area contributed by atoms with E-state index in [1.165, 1.54) is 16.8 Å². The first-order valence-electron chi connectivity index (χ1n) is 8.89. The highest BCUT2D eigenvalue weighted by Gasteiger charge is 2.57. The molecule has 25 heavy (non-hydrogen) atoms. The molecule has 0 radical (unpaired) electrons. The Morgan fingerprint density at radius 2 is 2.00 bits per heavy atom. The lowest BCUT2D eigenvalue weighted by molar-refractivity contribution is 0.0768. The molecule has 4 rings (SSSR count). The molecule has 126 valence electrons. The van der Waals surface area contributed by atoms with E-state index >= 15 is 0 Å². The number of hydrogen-bond acceptors (Lipinski definition) is 2. The molecule has 2 aromatic carbocycles. The van der Waals surface area contributed by atoms with Crippen LogP contribution in [0.25, 0.3) is 6.08 Å². The highest BCUT2D eigenvalue weighted by Crippen LogP contribution is 2.55. The summed E-state index contributed by atoms with van der Waals surface area (Å²) in [4.78, 5) is 2.26. The van der Waals surface area contributed by atoms with Crippen molar-refractivity contribution in [3.8, 4) is 12.3 Å². The summed E-state index contributed by atoms with van der Waals surface area (Å²) in [6.45, 7) is 0.768. The lowest BCUT2D eigenvalue weighted by atomic mass is 9.68. The van der Waals surface area contributed by atoms with Crippen molar-refractivity contribution in [3.05, 3.63) is 71.8 Å². The Kier molecular flexibility index (Phi) is 4.11. The fraction of sp³-hybridized carbons (Fsp3) is 0.304. The molecule has 0 bridgehead atoms. The van der Waals surface area contributed by atoms with E-state index in [1.54, 1.807) is 0 Å². The van der Waals surface area contributed by atoms with Gasteiger partial charge in [0.05, 0.1) is 12.0 Å². The van der Waals surface area contributed by atoms with Gasteiger partial charge in [-0.15, -0.1) is 12.3 Å². The fourth-order valence-electron chi connectivity index (χ4n) is 4.50. The summed E-state index contributed by atoms with van der Waals surface area (Å²) in [5.74, 6) is 3.21. The second kappa shape index (κ2) is 6.43. The molecule has 2 heteroatoms. The standard InChI is InChI=1S/C23H23NO/c1-3-19(13-9-12-18-10-5-4-6-11-18)23-16-17-25-22(23)24(2)21-15-8-7-14-20(21)23/h1,4-12,14-15,19,22H,13,16-17H2,2H3/b12-9+. The Hall–Kier alpha value is -2.50. The molecule has 0 saturated carbocycles. The van der Waals surface area contributed by atoms with Crippen molar-refractivity contribution in [2.45, 2.75) is 24.5 Å². The zero-order valence-electron chi connectivity index (χ0n) is 14.6. The van der Waals surface area contributed by atoms with Crippen LogP contribution in [0.1, 0.15) is 24.0 Å². The van der Waals surface area contributed by atoms with Gasteiger partial charge in [0.15, 0.2) is 0 Å². The Bertz CT molecular complexity index is 819. The van der Waals surface area contributed by atoms with Gasteiger partial charge in [-0.25, -0.2) is 0 Å². The average molecular weight is 329 g/mol. The number of para-hydroxylation sites is 1. The van der Waals surface area contributed by atoms with Crippen LogP contribution >= 0.6 is 0 Å². The molecule has 2 aliphatic rings. The lowest BCUT2D eigenvalue weighted by Crippen LogP contribution is -2.44. The van der Waals surface area contributed by atoms with Crippen LogP contribution in [0.4, 0.5) is 5.69 Å². The zero-order chi connectivity index (χ0) is 17.3. The number of benzene rings is 2. The van der Waals surface area contributed by atoms with Gasteiger partial charge in [0.25, 0.3) is 0 Å². The number of terminal acetylenes is 1. The first-order valence-corrected chi connectivity index (χ1v) is 8.89. The predicted octanol–water partition coefficient (Wildman–Crippen LogP) is 4.47. The number of nitrogens with zero attached hydrogens (tertiary/aromatic N) is 1. The van der Waals surface area contributed by atoms with Gasteiger partial charge in [-0.2, -0.15) is 0 Å². The summed E-state index contributed by atoms with van der Waals surface area (Å²) >= 11 is 0. The van der Waals surface area contributed by atoms with E-state index in [-0.39, 0.29) is 17.6 Å². The van der Waals surface area contributed by atoms with Crippen molar-refractivity contribution in [1.82, 2.24) is 0 Å². The third-order valence-corrected chi connectivity index (χ3v) is 5.67. The second-order valence-electron chi connectivity index (χ2n) is 6.91. The number of likely N-dealkylation sites (N-methyl/N-ethyl adjacent to an activating group) is 1. The summed E-state index contributed by atoms with van der Waals surface area (Å²) in [6.07, 6.45) is 12.3. The van der Waals surface area contributed by atoms with Gasteiger partial charge in [-0.05, 0) is 30.0 Å². The Morgan fingerprint density at radius 1 is 1.24 bits per heavy atom. The molecular weight excluding hydrogens is 306 g/mol. The van der Waals surface area contributed by atoms with Gasteiger partial charge in [0.1, 0.15) is 6.23 Å². The Balaban J connectivity index is 1.66. The van der Waals surface area contributed by atoms with Crippen LogP contribution in [0.2, 0.25) is 0 Å². The third-order valence-electron chi connectivity index (χ3n) is 5.67. The fourth-order valence-corrected chi connectivity index (χ4v) is 4.50. The van der Waals surface area contributed by atoms with E-state index in [0.29, 0.717) is 0 Å². The zero-order valence-corrected chi connectivity index (χ0v) is 14.6. The van der Waals surface area contributed by atoms with Crippen LogP contribution in [0.15, 0.2) is 60.7 Å². The van der Waals surface area contributed by atoms with Crippen LogP contribution in [-0.2, 0) is 10.2 Å². The minimum absolute atomic E-state index is 0.0380. The molecular formula is C23H23NO. The molecule has 2 nitrogen and oxygen atoms in total. The van der Waals surface area contributed by atoms with Crippen molar-refractivity contribution in [2.75, 3.05) is 18.6 Å². The number of fused-ring (bicyclic) bond motifs is 3. The lowest BCUT2D eigenvalue weighted by Gasteiger charge is -2.35. The topological polar surface area (TPSA) is 12.5 Å². The predicted molar refractivity (Wildman–Crippen MR) is 103 cm³/mol. The maximum atomic E-state index is 6.13. The second-order valence-corrected chi connectivity index (χ2v) is 6.91. The van der Waals surface area contributed by atoms with E-state index in [0.717, 1.165) is 19.4 Å². The molecule has 2 aliphatic heterocycles. The first kappa shape index (κ1) is 16.0. The van der Waals surface area contributed by atoms with Crippen LogP contribution < -0.4 is 4.90 Å². The minimum atomic E-state index is -0.110. The maximum Gasteiger partial charge on any atom is 0.141 e. The van der Waals surface area contributed by atoms with E-state index in [9.17, 15) is 0 Å². The number of allylic oxidation sites excluding steroid dienone is 1. The van der Waals surface area contributed by atoms with Crippen molar-refractivity contribution in [3.63, 3.8) is 0 Å². The van der Waals surface area contributed by atoms with Crippen LogP contribution in [-0.4, -0.2) is 19.9 Å².